The van der Waals surface area contributed by atoms with E-state index in [1.54, 1.807) is 49.6 Å². The Kier molecular flexibility index (Phi) is 8.22. The molecule has 1 N–H and O–H groups in total. The van der Waals surface area contributed by atoms with Gasteiger partial charge in [0.05, 0.1) is 44.8 Å². The van der Waals surface area contributed by atoms with Crippen LogP contribution in [0.3, 0.4) is 0 Å². The van der Waals surface area contributed by atoms with Crippen molar-refractivity contribution in [1.82, 2.24) is 14.5 Å². The molecule has 0 fully saturated rings. The number of ether oxygens (including phenoxy) is 3. The maximum absolute atomic E-state index is 13.9. The fraction of sp³-hybridized carbons (Fsp3) is 0.250. The summed E-state index contributed by atoms with van der Waals surface area (Å²) in [5.74, 6) is 0.00101. The minimum absolute atomic E-state index is 0.0311. The number of carbonyl (C=O) groups excluding carboxylic acids is 1. The van der Waals surface area contributed by atoms with Gasteiger partial charge in [-0.25, -0.2) is 9.18 Å². The Morgan fingerprint density at radius 3 is 2.21 bits per heavy atom. The highest BCUT2D eigenvalue weighted by atomic mass is 19.1. The summed E-state index contributed by atoms with van der Waals surface area (Å²) in [4.78, 5) is 39.5. The van der Waals surface area contributed by atoms with Gasteiger partial charge in [-0.2, -0.15) is 0 Å². The molecule has 0 radical (unpaired) electrons. The van der Waals surface area contributed by atoms with Gasteiger partial charge in [0.15, 0.2) is 11.5 Å². The van der Waals surface area contributed by atoms with Gasteiger partial charge in [0.25, 0.3) is 11.5 Å². The molecule has 0 saturated carbocycles. The Labute approximate surface area is 218 Å². The van der Waals surface area contributed by atoms with Crippen molar-refractivity contribution in [1.29, 1.82) is 0 Å². The van der Waals surface area contributed by atoms with Crippen LogP contribution in [0.15, 0.2) is 70.3 Å². The smallest absolute Gasteiger partial charge is 0.332 e. The van der Waals surface area contributed by atoms with Crippen LogP contribution in [0.5, 0.6) is 11.5 Å². The maximum Gasteiger partial charge on any atom is 0.332 e. The molecule has 0 atom stereocenters. The molecule has 0 saturated heterocycles. The lowest BCUT2D eigenvalue weighted by Gasteiger charge is -2.17. The van der Waals surface area contributed by atoms with E-state index in [1.165, 1.54) is 37.0 Å². The highest BCUT2D eigenvalue weighted by molar-refractivity contribution is 5.94. The summed E-state index contributed by atoms with van der Waals surface area (Å²) in [6, 6.07) is 15.6. The van der Waals surface area contributed by atoms with E-state index >= 15 is 0 Å². The fourth-order valence-corrected chi connectivity index (χ4v) is 4.17. The summed E-state index contributed by atoms with van der Waals surface area (Å²) in [5, 5.41) is 2.98. The molecule has 3 aromatic carbocycles. The molecule has 4 rings (SSSR count). The van der Waals surface area contributed by atoms with Gasteiger partial charge in [-0.05, 0) is 41.5 Å². The normalized spacial score (nSPS) is 10.9. The molecule has 9 nitrogen and oxygen atoms in total. The number of nitrogens with zero attached hydrogens (tertiary/aromatic N) is 2. The van der Waals surface area contributed by atoms with Crippen LogP contribution in [0, 0.1) is 5.82 Å². The van der Waals surface area contributed by atoms with Crippen LogP contribution in [0.1, 0.15) is 21.5 Å². The van der Waals surface area contributed by atoms with Crippen molar-refractivity contribution >= 4 is 16.8 Å². The number of nitrogens with one attached hydrogen (secondary N) is 1. The van der Waals surface area contributed by atoms with Crippen molar-refractivity contribution in [3.8, 4) is 11.5 Å². The average Bonchev–Trinajstić information content (AvgIpc) is 2.93. The largest absolute Gasteiger partial charge is 0.493 e. The number of carbonyl (C=O) groups is 1. The van der Waals surface area contributed by atoms with Gasteiger partial charge >= 0.3 is 5.69 Å². The first-order valence-corrected chi connectivity index (χ1v) is 11.9. The zero-order chi connectivity index (χ0) is 27.2. The third-order valence-corrected chi connectivity index (χ3v) is 6.11. The molecule has 0 bridgehead atoms. The van der Waals surface area contributed by atoms with Gasteiger partial charge < -0.3 is 19.5 Å². The number of halogens is 1. The first kappa shape index (κ1) is 26.6. The van der Waals surface area contributed by atoms with E-state index in [4.69, 9.17) is 14.2 Å². The third kappa shape index (κ3) is 5.60. The molecule has 0 aliphatic carbocycles. The number of benzene rings is 3. The average molecular weight is 522 g/mol. The van der Waals surface area contributed by atoms with Gasteiger partial charge in [0.2, 0.25) is 0 Å². The van der Waals surface area contributed by atoms with Crippen LogP contribution < -0.4 is 26.0 Å². The van der Waals surface area contributed by atoms with E-state index in [-0.39, 0.29) is 24.4 Å². The van der Waals surface area contributed by atoms with E-state index in [0.29, 0.717) is 46.9 Å². The lowest BCUT2D eigenvalue weighted by molar-refractivity contribution is 0.0937. The van der Waals surface area contributed by atoms with Gasteiger partial charge in [-0.1, -0.05) is 24.3 Å². The highest BCUT2D eigenvalue weighted by Gasteiger charge is 2.18. The standard InChI is InChI=1S/C28H28FN3O6/c1-36-12-11-30-26(33)20-9-7-18(8-10-20)16-32-27(34)22-14-24(37-2)25(38-3)15-23(22)31(28(32)35)17-19-5-4-6-21(29)13-19/h4-10,13-15H,11-12,16-17H2,1-3H3,(H,30,33). The summed E-state index contributed by atoms with van der Waals surface area (Å²) in [6.45, 7) is 0.774. The van der Waals surface area contributed by atoms with Crippen molar-refractivity contribution < 1.29 is 23.4 Å². The second-order valence-electron chi connectivity index (χ2n) is 8.56. The number of rotatable bonds is 10. The number of hydrogen-bond donors (Lipinski definition) is 1. The number of methoxy groups -OCH3 is 3. The van der Waals surface area contributed by atoms with Gasteiger partial charge in [-0.3, -0.25) is 18.7 Å². The molecule has 10 heteroatoms. The van der Waals surface area contributed by atoms with E-state index in [2.05, 4.69) is 5.32 Å². The highest BCUT2D eigenvalue weighted by Crippen LogP contribution is 2.30. The van der Waals surface area contributed by atoms with Crippen LogP contribution >= 0.6 is 0 Å². The molecule has 0 aliphatic rings. The van der Waals surface area contributed by atoms with E-state index in [0.717, 1.165) is 4.57 Å². The number of amides is 1. The van der Waals surface area contributed by atoms with Crippen LogP contribution in [0.4, 0.5) is 4.39 Å². The molecule has 1 aromatic heterocycles. The molecule has 0 spiro atoms. The molecular weight excluding hydrogens is 493 g/mol. The van der Waals surface area contributed by atoms with Gasteiger partial charge in [-0.15, -0.1) is 0 Å². The molecule has 198 valence electrons. The molecule has 0 unspecified atom stereocenters. The van der Waals surface area contributed by atoms with Crippen molar-refractivity contribution in [2.75, 3.05) is 34.5 Å². The summed E-state index contributed by atoms with van der Waals surface area (Å²) >= 11 is 0. The topological polar surface area (TPSA) is 101 Å². The Morgan fingerprint density at radius 2 is 1.55 bits per heavy atom. The van der Waals surface area contributed by atoms with Crippen molar-refractivity contribution in [3.63, 3.8) is 0 Å². The molecule has 4 aromatic rings. The Bertz CT molecular complexity index is 1580. The Hall–Kier alpha value is -4.44. The fourth-order valence-electron chi connectivity index (χ4n) is 4.17. The monoisotopic (exact) mass is 521 g/mol. The van der Waals surface area contributed by atoms with E-state index < -0.39 is 17.1 Å². The Morgan fingerprint density at radius 1 is 0.868 bits per heavy atom. The molecule has 1 amide bonds. The maximum atomic E-state index is 13.9. The molecule has 0 aliphatic heterocycles. The summed E-state index contributed by atoms with van der Waals surface area (Å²) in [6.07, 6.45) is 0. The lowest BCUT2D eigenvalue weighted by atomic mass is 10.1. The zero-order valence-electron chi connectivity index (χ0n) is 21.3. The van der Waals surface area contributed by atoms with Gasteiger partial charge in [0, 0.05) is 25.3 Å². The van der Waals surface area contributed by atoms with Crippen molar-refractivity contribution in [2.24, 2.45) is 0 Å². The zero-order valence-corrected chi connectivity index (χ0v) is 21.3. The summed E-state index contributed by atoms with van der Waals surface area (Å²) in [7, 11) is 4.47. The van der Waals surface area contributed by atoms with Crippen molar-refractivity contribution in [2.45, 2.75) is 13.1 Å². The quantitative estimate of drug-likeness (QED) is 0.322. The minimum atomic E-state index is -0.569. The third-order valence-electron chi connectivity index (χ3n) is 6.11. The lowest BCUT2D eigenvalue weighted by Crippen LogP contribution is -2.40. The number of fused-ring (bicyclic) bond motifs is 1. The first-order chi connectivity index (χ1) is 18.4. The minimum Gasteiger partial charge on any atom is -0.493 e. The Balaban J connectivity index is 1.79. The van der Waals surface area contributed by atoms with E-state index in [9.17, 15) is 18.8 Å². The van der Waals surface area contributed by atoms with Gasteiger partial charge in [0.1, 0.15) is 5.82 Å². The summed E-state index contributed by atoms with van der Waals surface area (Å²) in [5.41, 5.74) is 0.896. The first-order valence-electron chi connectivity index (χ1n) is 11.9. The predicted octanol–water partition coefficient (Wildman–Crippen LogP) is 2.79. The van der Waals surface area contributed by atoms with E-state index in [1.807, 2.05) is 0 Å². The summed E-state index contributed by atoms with van der Waals surface area (Å²) < 4.78 is 32.1. The molecule has 1 heterocycles. The number of hydrogen-bond acceptors (Lipinski definition) is 6. The van der Waals surface area contributed by atoms with Crippen LogP contribution in [-0.2, 0) is 17.8 Å². The van der Waals surface area contributed by atoms with Crippen LogP contribution in [0.25, 0.3) is 10.9 Å². The molecule has 38 heavy (non-hydrogen) atoms. The second-order valence-corrected chi connectivity index (χ2v) is 8.56. The number of aromatic nitrogens is 2. The van der Waals surface area contributed by atoms with Crippen LogP contribution in [-0.4, -0.2) is 49.5 Å². The van der Waals surface area contributed by atoms with Crippen molar-refractivity contribution in [3.05, 3.63) is 104 Å². The second kappa shape index (κ2) is 11.7. The SMILES string of the molecule is COCCNC(=O)c1ccc(Cn2c(=O)c3cc(OC)c(OC)cc3n(Cc3cccc(F)c3)c2=O)cc1. The van der Waals surface area contributed by atoms with Crippen LogP contribution in [0.2, 0.25) is 0 Å². The molecular formula is C28H28FN3O6. The predicted molar refractivity (Wildman–Crippen MR) is 141 cm³/mol.